The molecule has 0 radical (unpaired) electrons. The Morgan fingerprint density at radius 1 is 1.14 bits per heavy atom. The minimum atomic E-state index is -0.0119. The molecule has 22 heavy (non-hydrogen) atoms. The topological polar surface area (TPSA) is 41.5 Å². The minimum absolute atomic E-state index is 0.0119. The van der Waals surface area contributed by atoms with Crippen LogP contribution < -0.4 is 5.43 Å². The number of hydrogen-bond acceptors (Lipinski definition) is 2. The van der Waals surface area contributed by atoms with E-state index in [1.54, 1.807) is 0 Å². The van der Waals surface area contributed by atoms with Crippen LogP contribution in [0, 0.1) is 5.92 Å². The third-order valence-electron chi connectivity index (χ3n) is 3.95. The van der Waals surface area contributed by atoms with E-state index in [0.717, 1.165) is 17.7 Å². The first kappa shape index (κ1) is 14.8. The second-order valence-electron chi connectivity index (χ2n) is 5.54. The summed E-state index contributed by atoms with van der Waals surface area (Å²) in [7, 11) is 0. The molecule has 3 rings (SSSR count). The Kier molecular flexibility index (Phi) is 4.25. The van der Waals surface area contributed by atoms with Crippen molar-refractivity contribution in [2.75, 3.05) is 0 Å². The average molecular weight is 313 g/mol. The number of rotatable bonds is 4. The molecule has 0 heterocycles. The Morgan fingerprint density at radius 2 is 1.82 bits per heavy atom. The van der Waals surface area contributed by atoms with Crippen molar-refractivity contribution in [2.24, 2.45) is 11.0 Å². The maximum Gasteiger partial charge on any atom is 0.243 e. The number of nitrogens with one attached hydrogen (secondary N) is 1. The van der Waals surface area contributed by atoms with Crippen molar-refractivity contribution >= 4 is 23.2 Å². The van der Waals surface area contributed by atoms with Gasteiger partial charge in [-0.3, -0.25) is 4.79 Å². The molecule has 0 bridgehead atoms. The van der Waals surface area contributed by atoms with E-state index < -0.39 is 0 Å². The SMILES string of the molecule is C/C(=N\NC(=O)[C@H]1C[C@H]1c1ccccc1)c1ccc(Cl)cc1. The zero-order valence-electron chi connectivity index (χ0n) is 12.3. The molecule has 0 aromatic heterocycles. The molecule has 2 aromatic carbocycles. The molecular formula is C18H17ClN2O. The molecule has 3 nitrogen and oxygen atoms in total. The summed E-state index contributed by atoms with van der Waals surface area (Å²) in [6, 6.07) is 17.5. The van der Waals surface area contributed by atoms with E-state index in [9.17, 15) is 4.79 Å². The first-order valence-electron chi connectivity index (χ1n) is 7.30. The van der Waals surface area contributed by atoms with Gasteiger partial charge in [0.05, 0.1) is 5.71 Å². The normalized spacial score (nSPS) is 20.5. The summed E-state index contributed by atoms with van der Waals surface area (Å²) < 4.78 is 0. The number of carbonyl (C=O) groups is 1. The largest absolute Gasteiger partial charge is 0.273 e. The van der Waals surface area contributed by atoms with Crippen LogP contribution in [0.1, 0.15) is 30.4 Å². The lowest BCUT2D eigenvalue weighted by molar-refractivity contribution is -0.122. The van der Waals surface area contributed by atoms with Crippen LogP contribution in [0.4, 0.5) is 0 Å². The van der Waals surface area contributed by atoms with Gasteiger partial charge < -0.3 is 0 Å². The molecular weight excluding hydrogens is 296 g/mol. The summed E-state index contributed by atoms with van der Waals surface area (Å²) in [5.41, 5.74) is 5.61. The van der Waals surface area contributed by atoms with Gasteiger partial charge in [-0.1, -0.05) is 54.1 Å². The van der Waals surface area contributed by atoms with Gasteiger partial charge >= 0.3 is 0 Å². The summed E-state index contributed by atoms with van der Waals surface area (Å²) >= 11 is 5.86. The van der Waals surface area contributed by atoms with Gasteiger partial charge in [-0.05, 0) is 42.5 Å². The number of carbonyl (C=O) groups excluding carboxylic acids is 1. The summed E-state index contributed by atoms with van der Waals surface area (Å²) in [5, 5.41) is 4.87. The highest BCUT2D eigenvalue weighted by Crippen LogP contribution is 2.47. The van der Waals surface area contributed by atoms with Crippen molar-refractivity contribution in [3.8, 4) is 0 Å². The molecule has 1 N–H and O–H groups in total. The molecule has 1 fully saturated rings. The van der Waals surface area contributed by atoms with Crippen molar-refractivity contribution < 1.29 is 4.79 Å². The molecule has 1 saturated carbocycles. The first-order chi connectivity index (χ1) is 10.6. The van der Waals surface area contributed by atoms with E-state index in [1.807, 2.05) is 49.4 Å². The molecule has 2 atom stereocenters. The second-order valence-corrected chi connectivity index (χ2v) is 5.98. The maximum absolute atomic E-state index is 12.1. The third kappa shape index (κ3) is 3.37. The van der Waals surface area contributed by atoms with Gasteiger partial charge in [-0.2, -0.15) is 5.10 Å². The molecule has 112 valence electrons. The van der Waals surface area contributed by atoms with Crippen LogP contribution in [-0.4, -0.2) is 11.6 Å². The summed E-state index contributed by atoms with van der Waals surface area (Å²) in [6.07, 6.45) is 0.894. The fourth-order valence-electron chi connectivity index (χ4n) is 2.53. The molecule has 2 aromatic rings. The van der Waals surface area contributed by atoms with Crippen molar-refractivity contribution in [2.45, 2.75) is 19.3 Å². The third-order valence-corrected chi connectivity index (χ3v) is 4.20. The quantitative estimate of drug-likeness (QED) is 0.673. The standard InChI is InChI=1S/C18H17ClN2O/c1-12(13-7-9-15(19)10-8-13)20-21-18(22)17-11-16(17)14-5-3-2-4-6-14/h2-10,16-17H,11H2,1H3,(H,21,22)/b20-12+/t16-,17-/m0/s1. The summed E-state index contributed by atoms with van der Waals surface area (Å²) in [5.74, 6) is 0.346. The second kappa shape index (κ2) is 6.32. The van der Waals surface area contributed by atoms with E-state index in [0.29, 0.717) is 10.9 Å². The molecule has 1 amide bonds. The van der Waals surface area contributed by atoms with E-state index in [1.165, 1.54) is 5.56 Å². The summed E-state index contributed by atoms with van der Waals surface area (Å²) in [4.78, 5) is 12.1. The Hall–Kier alpha value is -2.13. The molecule has 0 spiro atoms. The van der Waals surface area contributed by atoms with Gasteiger partial charge in [0.15, 0.2) is 0 Å². The molecule has 0 unspecified atom stereocenters. The number of halogens is 1. The van der Waals surface area contributed by atoms with Crippen LogP contribution in [0.3, 0.4) is 0 Å². The van der Waals surface area contributed by atoms with Gasteiger partial charge in [0.25, 0.3) is 0 Å². The number of hydrogen-bond donors (Lipinski definition) is 1. The predicted octanol–water partition coefficient (Wildman–Crippen LogP) is 3.98. The van der Waals surface area contributed by atoms with Crippen molar-refractivity contribution in [1.82, 2.24) is 5.43 Å². The van der Waals surface area contributed by atoms with Gasteiger partial charge in [-0.25, -0.2) is 5.43 Å². The van der Waals surface area contributed by atoms with Crippen molar-refractivity contribution in [3.63, 3.8) is 0 Å². The van der Waals surface area contributed by atoms with Crippen LogP contribution in [0.2, 0.25) is 5.02 Å². The highest BCUT2D eigenvalue weighted by molar-refractivity contribution is 6.30. The van der Waals surface area contributed by atoms with E-state index in [2.05, 4.69) is 22.7 Å². The number of hydrazone groups is 1. The molecule has 1 aliphatic carbocycles. The highest BCUT2D eigenvalue weighted by atomic mass is 35.5. The van der Waals surface area contributed by atoms with Gasteiger partial charge in [0, 0.05) is 10.9 Å². The van der Waals surface area contributed by atoms with Crippen LogP contribution in [0.15, 0.2) is 59.7 Å². The van der Waals surface area contributed by atoms with Crippen LogP contribution in [-0.2, 0) is 4.79 Å². The van der Waals surface area contributed by atoms with Gasteiger partial charge in [0.1, 0.15) is 0 Å². The number of nitrogens with zero attached hydrogens (tertiary/aromatic N) is 1. The molecule has 4 heteroatoms. The lowest BCUT2D eigenvalue weighted by atomic mass is 10.1. The van der Waals surface area contributed by atoms with Crippen molar-refractivity contribution in [3.05, 3.63) is 70.7 Å². The van der Waals surface area contributed by atoms with Crippen LogP contribution in [0.25, 0.3) is 0 Å². The highest BCUT2D eigenvalue weighted by Gasteiger charge is 2.43. The van der Waals surface area contributed by atoms with E-state index in [-0.39, 0.29) is 11.8 Å². The Balaban J connectivity index is 1.59. The zero-order valence-corrected chi connectivity index (χ0v) is 13.0. The Labute approximate surface area is 135 Å². The van der Waals surface area contributed by atoms with E-state index in [4.69, 9.17) is 11.6 Å². The average Bonchev–Trinajstić information content (AvgIpc) is 3.34. The molecule has 1 aliphatic rings. The molecule has 0 aliphatic heterocycles. The number of benzene rings is 2. The van der Waals surface area contributed by atoms with Gasteiger partial charge in [-0.15, -0.1) is 0 Å². The Bertz CT molecular complexity index is 695. The number of amides is 1. The van der Waals surface area contributed by atoms with Gasteiger partial charge in [0.2, 0.25) is 5.91 Å². The smallest absolute Gasteiger partial charge is 0.243 e. The van der Waals surface area contributed by atoms with Crippen molar-refractivity contribution in [1.29, 1.82) is 0 Å². The lowest BCUT2D eigenvalue weighted by Gasteiger charge is -2.03. The minimum Gasteiger partial charge on any atom is -0.273 e. The zero-order chi connectivity index (χ0) is 15.5. The van der Waals surface area contributed by atoms with E-state index >= 15 is 0 Å². The monoisotopic (exact) mass is 312 g/mol. The lowest BCUT2D eigenvalue weighted by Crippen LogP contribution is -2.21. The predicted molar refractivity (Wildman–Crippen MR) is 89.1 cm³/mol. The van der Waals surface area contributed by atoms with Crippen LogP contribution in [0.5, 0.6) is 0 Å². The molecule has 0 saturated heterocycles. The fraction of sp³-hybridized carbons (Fsp3) is 0.222. The Morgan fingerprint density at radius 3 is 2.50 bits per heavy atom. The maximum atomic E-state index is 12.1. The fourth-order valence-corrected chi connectivity index (χ4v) is 2.66. The van der Waals surface area contributed by atoms with Crippen LogP contribution >= 0.6 is 11.6 Å². The first-order valence-corrected chi connectivity index (χ1v) is 7.68. The summed E-state index contributed by atoms with van der Waals surface area (Å²) in [6.45, 7) is 1.87.